The first-order valence-corrected chi connectivity index (χ1v) is 3.81. The number of H-pyrrole nitrogens is 2. The average molecular weight is 193 g/mol. The lowest BCUT2D eigenvalue weighted by molar-refractivity contribution is 0.0595. The number of nitrogens with zero attached hydrogens (tertiary/aromatic N) is 3. The molecule has 0 radical (unpaired) electrons. The first-order valence-electron chi connectivity index (χ1n) is 3.81. The molecule has 72 valence electrons. The summed E-state index contributed by atoms with van der Waals surface area (Å²) in [6, 6.07) is 0. The number of nitrogens with one attached hydrogen (secondary N) is 2. The Balaban J connectivity index is 2.45. The Kier molecular flexibility index (Phi) is 1.98. The number of esters is 1. The third-order valence-electron chi connectivity index (χ3n) is 1.70. The van der Waals surface area contributed by atoms with Gasteiger partial charge in [0.1, 0.15) is 5.69 Å². The van der Waals surface area contributed by atoms with Gasteiger partial charge in [0.25, 0.3) is 0 Å². The fraction of sp³-hybridized carbons (Fsp3) is 0.143. The number of carbonyl (C=O) groups is 1. The minimum Gasteiger partial charge on any atom is -0.464 e. The normalized spacial score (nSPS) is 10.1. The molecule has 0 amide bonds. The van der Waals surface area contributed by atoms with Crippen LogP contribution in [0.4, 0.5) is 0 Å². The van der Waals surface area contributed by atoms with Crippen molar-refractivity contribution in [1.82, 2.24) is 25.6 Å². The van der Waals surface area contributed by atoms with E-state index in [1.165, 1.54) is 7.11 Å². The highest BCUT2D eigenvalue weighted by molar-refractivity contribution is 5.93. The van der Waals surface area contributed by atoms with Gasteiger partial charge in [0.15, 0.2) is 5.69 Å². The summed E-state index contributed by atoms with van der Waals surface area (Å²) in [6.45, 7) is 0. The van der Waals surface area contributed by atoms with Crippen molar-refractivity contribution in [2.24, 2.45) is 0 Å². The first kappa shape index (κ1) is 8.42. The van der Waals surface area contributed by atoms with Gasteiger partial charge in [0.05, 0.1) is 13.3 Å². The van der Waals surface area contributed by atoms with Gasteiger partial charge in [-0.25, -0.2) is 4.79 Å². The Bertz CT molecular complexity index is 433. The molecule has 0 saturated heterocycles. The van der Waals surface area contributed by atoms with Crippen molar-refractivity contribution in [2.45, 2.75) is 0 Å². The number of ether oxygens (including phenoxy) is 1. The molecule has 0 aromatic carbocycles. The highest BCUT2D eigenvalue weighted by Gasteiger charge is 2.18. The Labute approximate surface area is 78.5 Å². The van der Waals surface area contributed by atoms with E-state index >= 15 is 0 Å². The lowest BCUT2D eigenvalue weighted by Gasteiger charge is -1.94. The molecule has 0 aliphatic carbocycles. The molecule has 0 spiro atoms. The highest BCUT2D eigenvalue weighted by atomic mass is 16.5. The number of hydrogen-bond donors (Lipinski definition) is 2. The van der Waals surface area contributed by atoms with Crippen LogP contribution in [0.5, 0.6) is 0 Å². The third-order valence-corrected chi connectivity index (χ3v) is 1.70. The van der Waals surface area contributed by atoms with Crippen LogP contribution < -0.4 is 0 Å². The second-order valence-corrected chi connectivity index (χ2v) is 2.50. The van der Waals surface area contributed by atoms with Crippen LogP contribution in [0.2, 0.25) is 0 Å². The van der Waals surface area contributed by atoms with Gasteiger partial charge >= 0.3 is 5.97 Å². The fourth-order valence-electron chi connectivity index (χ4n) is 1.05. The molecule has 0 aliphatic heterocycles. The van der Waals surface area contributed by atoms with Crippen molar-refractivity contribution in [1.29, 1.82) is 0 Å². The number of aromatic amines is 2. The number of rotatable bonds is 2. The van der Waals surface area contributed by atoms with Gasteiger partial charge in [-0.05, 0) is 0 Å². The van der Waals surface area contributed by atoms with E-state index in [1.807, 2.05) is 0 Å². The van der Waals surface area contributed by atoms with Gasteiger partial charge in [-0.2, -0.15) is 15.4 Å². The summed E-state index contributed by atoms with van der Waals surface area (Å²) in [5, 5.41) is 16.2. The van der Waals surface area contributed by atoms with Crippen LogP contribution in [-0.4, -0.2) is 38.7 Å². The number of methoxy groups -OCH3 is 1. The summed E-state index contributed by atoms with van der Waals surface area (Å²) in [7, 11) is 1.29. The van der Waals surface area contributed by atoms with Crippen molar-refractivity contribution in [3.63, 3.8) is 0 Å². The molecule has 0 unspecified atom stereocenters. The number of hydrogen-bond acceptors (Lipinski definition) is 5. The second-order valence-electron chi connectivity index (χ2n) is 2.50. The van der Waals surface area contributed by atoms with E-state index in [-0.39, 0.29) is 5.69 Å². The van der Waals surface area contributed by atoms with E-state index in [4.69, 9.17) is 0 Å². The molecule has 2 rings (SSSR count). The standard InChI is InChI=1S/C7H7N5O2/c1-14-7(13)6-5(10-12-11-6)4-2-8-9-3-4/h2-3H,1H3,(H,8,9)(H,10,11,12). The van der Waals surface area contributed by atoms with Crippen LogP contribution in [0.1, 0.15) is 10.5 Å². The first-order chi connectivity index (χ1) is 6.83. The zero-order valence-electron chi connectivity index (χ0n) is 7.31. The predicted octanol–water partition coefficient (Wildman–Crippen LogP) is -0.0186. The maximum atomic E-state index is 11.2. The van der Waals surface area contributed by atoms with Gasteiger partial charge in [-0.15, -0.1) is 5.10 Å². The molecule has 2 aromatic rings. The molecule has 7 nitrogen and oxygen atoms in total. The molecule has 2 aromatic heterocycles. The summed E-state index contributed by atoms with van der Waals surface area (Å²) in [4.78, 5) is 11.2. The summed E-state index contributed by atoms with van der Waals surface area (Å²) < 4.78 is 4.54. The maximum absolute atomic E-state index is 11.2. The van der Waals surface area contributed by atoms with Crippen LogP contribution in [0.3, 0.4) is 0 Å². The number of carbonyl (C=O) groups excluding carboxylic acids is 1. The van der Waals surface area contributed by atoms with E-state index < -0.39 is 5.97 Å². The summed E-state index contributed by atoms with van der Waals surface area (Å²) in [5.74, 6) is -0.532. The summed E-state index contributed by atoms with van der Waals surface area (Å²) >= 11 is 0. The lowest BCUT2D eigenvalue weighted by atomic mass is 10.2. The van der Waals surface area contributed by atoms with Gasteiger partial charge < -0.3 is 4.74 Å². The molecular formula is C7H7N5O2. The van der Waals surface area contributed by atoms with E-state index in [2.05, 4.69) is 30.3 Å². The molecule has 2 heterocycles. The topological polar surface area (TPSA) is 96.6 Å². The Morgan fingerprint density at radius 3 is 3.00 bits per heavy atom. The molecule has 0 saturated carbocycles. The summed E-state index contributed by atoms with van der Waals surface area (Å²) in [5.41, 5.74) is 1.25. The Hall–Kier alpha value is -2.18. The van der Waals surface area contributed by atoms with E-state index in [0.717, 1.165) is 0 Å². The Morgan fingerprint density at radius 2 is 2.36 bits per heavy atom. The van der Waals surface area contributed by atoms with Crippen LogP contribution in [-0.2, 0) is 4.74 Å². The van der Waals surface area contributed by atoms with Crippen LogP contribution in [0, 0.1) is 0 Å². The molecule has 7 heteroatoms. The van der Waals surface area contributed by atoms with E-state index in [0.29, 0.717) is 11.3 Å². The predicted molar refractivity (Wildman–Crippen MR) is 45.3 cm³/mol. The second kappa shape index (κ2) is 3.29. The van der Waals surface area contributed by atoms with Crippen molar-refractivity contribution < 1.29 is 9.53 Å². The molecule has 0 fully saturated rings. The van der Waals surface area contributed by atoms with Gasteiger partial charge in [-0.1, -0.05) is 0 Å². The van der Waals surface area contributed by atoms with E-state index in [9.17, 15) is 4.79 Å². The lowest BCUT2D eigenvalue weighted by Crippen LogP contribution is -2.03. The largest absolute Gasteiger partial charge is 0.464 e. The monoisotopic (exact) mass is 193 g/mol. The molecule has 0 bridgehead atoms. The van der Waals surface area contributed by atoms with Gasteiger partial charge in [0.2, 0.25) is 0 Å². The summed E-state index contributed by atoms with van der Waals surface area (Å²) in [6.07, 6.45) is 3.16. The SMILES string of the molecule is COC(=O)c1n[nH]nc1-c1cn[nH]c1. The van der Waals surface area contributed by atoms with Gasteiger partial charge in [-0.3, -0.25) is 5.10 Å². The van der Waals surface area contributed by atoms with Crippen LogP contribution >= 0.6 is 0 Å². The average Bonchev–Trinajstić information content (AvgIpc) is 2.85. The molecular weight excluding hydrogens is 186 g/mol. The minimum atomic E-state index is -0.532. The zero-order chi connectivity index (χ0) is 9.97. The third kappa shape index (κ3) is 1.24. The van der Waals surface area contributed by atoms with Gasteiger partial charge in [0, 0.05) is 11.8 Å². The van der Waals surface area contributed by atoms with Crippen molar-refractivity contribution in [3.05, 3.63) is 18.1 Å². The highest BCUT2D eigenvalue weighted by Crippen LogP contribution is 2.17. The van der Waals surface area contributed by atoms with Crippen LogP contribution in [0.25, 0.3) is 11.3 Å². The van der Waals surface area contributed by atoms with Crippen molar-refractivity contribution in [3.8, 4) is 11.3 Å². The van der Waals surface area contributed by atoms with Crippen LogP contribution in [0.15, 0.2) is 12.4 Å². The van der Waals surface area contributed by atoms with E-state index in [1.54, 1.807) is 12.4 Å². The molecule has 14 heavy (non-hydrogen) atoms. The molecule has 0 aliphatic rings. The Morgan fingerprint density at radius 1 is 1.50 bits per heavy atom. The quantitative estimate of drug-likeness (QED) is 0.653. The maximum Gasteiger partial charge on any atom is 0.360 e. The molecule has 2 N–H and O–H groups in total. The number of aromatic nitrogens is 5. The fourth-order valence-corrected chi connectivity index (χ4v) is 1.05. The zero-order valence-corrected chi connectivity index (χ0v) is 7.31. The molecule has 0 atom stereocenters. The van der Waals surface area contributed by atoms with Crippen molar-refractivity contribution in [2.75, 3.05) is 7.11 Å². The van der Waals surface area contributed by atoms with Crippen molar-refractivity contribution >= 4 is 5.97 Å². The smallest absolute Gasteiger partial charge is 0.360 e. The minimum absolute atomic E-state index is 0.147.